The smallest absolute Gasteiger partial charge is 0.213 e. The molecule has 0 amide bonds. The number of rotatable bonds is 4. The summed E-state index contributed by atoms with van der Waals surface area (Å²) in [4.78, 5) is 5.56. The van der Waals surface area contributed by atoms with Crippen LogP contribution in [0.25, 0.3) is 16.2 Å². The molecule has 1 aromatic carbocycles. The molecule has 0 radical (unpaired) electrons. The Morgan fingerprint density at radius 1 is 1.41 bits per heavy atom. The molecule has 0 spiro atoms. The van der Waals surface area contributed by atoms with E-state index in [-0.39, 0.29) is 6.61 Å². The number of hydrogen-bond donors (Lipinski definition) is 1. The number of aryl methyl sites for hydroxylation is 1. The molecule has 2 aromatic heterocycles. The van der Waals surface area contributed by atoms with E-state index in [0.29, 0.717) is 5.92 Å². The van der Waals surface area contributed by atoms with Crippen LogP contribution in [0.5, 0.6) is 5.75 Å². The Balaban J connectivity index is 1.83. The summed E-state index contributed by atoms with van der Waals surface area (Å²) < 4.78 is 7.10. The van der Waals surface area contributed by atoms with Gasteiger partial charge in [-0.05, 0) is 43.5 Å². The summed E-state index contributed by atoms with van der Waals surface area (Å²) in [5, 5.41) is 15.5. The molecule has 22 heavy (non-hydrogen) atoms. The second kappa shape index (κ2) is 5.07. The average molecular weight is 315 g/mol. The van der Waals surface area contributed by atoms with E-state index in [9.17, 15) is 5.11 Å². The Morgan fingerprint density at radius 3 is 2.86 bits per heavy atom. The average Bonchev–Trinajstić information content (AvgIpc) is 3.19. The highest BCUT2D eigenvalue weighted by Gasteiger charge is 2.29. The number of nitrogens with zero attached hydrogens (tertiary/aromatic N) is 3. The minimum Gasteiger partial charge on any atom is -0.496 e. The monoisotopic (exact) mass is 315 g/mol. The van der Waals surface area contributed by atoms with Gasteiger partial charge in [0.15, 0.2) is 0 Å². The maximum absolute atomic E-state index is 9.78. The van der Waals surface area contributed by atoms with Crippen LogP contribution < -0.4 is 4.74 Å². The van der Waals surface area contributed by atoms with E-state index < -0.39 is 0 Å². The Morgan fingerprint density at radius 2 is 2.23 bits per heavy atom. The summed E-state index contributed by atoms with van der Waals surface area (Å²) in [6.45, 7) is 1.93. The summed E-state index contributed by atoms with van der Waals surface area (Å²) in [5.41, 5.74) is 3.58. The van der Waals surface area contributed by atoms with Crippen molar-refractivity contribution in [2.24, 2.45) is 0 Å². The lowest BCUT2D eigenvalue weighted by atomic mass is 10.1. The molecule has 1 saturated carbocycles. The first-order chi connectivity index (χ1) is 10.7. The van der Waals surface area contributed by atoms with Crippen LogP contribution in [0.3, 0.4) is 0 Å². The van der Waals surface area contributed by atoms with E-state index >= 15 is 0 Å². The predicted molar refractivity (Wildman–Crippen MR) is 85.5 cm³/mol. The number of aliphatic hydroxyl groups excluding tert-OH is 1. The summed E-state index contributed by atoms with van der Waals surface area (Å²) in [6, 6.07) is 5.94. The summed E-state index contributed by atoms with van der Waals surface area (Å²) in [7, 11) is 1.66. The van der Waals surface area contributed by atoms with Crippen LogP contribution in [-0.2, 0) is 6.61 Å². The fourth-order valence-electron chi connectivity index (χ4n) is 2.70. The standard InChI is InChI=1S/C16H17N3O2S/c1-9-7-11(5-6-13(9)21-2)14-12(8-20)19-16(17-14)22-15(18-19)10-3-4-10/h5-7,10,20H,3-4,8H2,1-2H3. The number of methoxy groups -OCH3 is 1. The van der Waals surface area contributed by atoms with E-state index in [1.165, 1.54) is 12.8 Å². The highest BCUT2D eigenvalue weighted by atomic mass is 32.1. The Bertz CT molecular complexity index is 849. The minimum atomic E-state index is -0.0740. The van der Waals surface area contributed by atoms with Gasteiger partial charge >= 0.3 is 0 Å². The van der Waals surface area contributed by atoms with Gasteiger partial charge in [0, 0.05) is 11.5 Å². The molecule has 0 aliphatic heterocycles. The molecular formula is C16H17N3O2S. The summed E-state index contributed by atoms with van der Waals surface area (Å²) in [5.74, 6) is 1.45. The number of imidazole rings is 1. The van der Waals surface area contributed by atoms with Gasteiger partial charge in [0.1, 0.15) is 10.8 Å². The lowest BCUT2D eigenvalue weighted by Gasteiger charge is -2.07. The third-order valence-corrected chi connectivity index (χ3v) is 5.13. The second-order valence-electron chi connectivity index (χ2n) is 5.66. The van der Waals surface area contributed by atoms with Gasteiger partial charge in [-0.25, -0.2) is 9.50 Å². The zero-order chi connectivity index (χ0) is 15.3. The number of hydrogen-bond acceptors (Lipinski definition) is 5. The van der Waals surface area contributed by atoms with Gasteiger partial charge in [-0.2, -0.15) is 5.10 Å². The zero-order valence-corrected chi connectivity index (χ0v) is 13.4. The Labute approximate surface area is 132 Å². The van der Waals surface area contributed by atoms with Crippen molar-refractivity contribution in [2.75, 3.05) is 7.11 Å². The fraction of sp³-hybridized carbons (Fsp3) is 0.375. The maximum Gasteiger partial charge on any atom is 0.213 e. The highest BCUT2D eigenvalue weighted by Crippen LogP contribution is 2.42. The highest BCUT2D eigenvalue weighted by molar-refractivity contribution is 7.16. The SMILES string of the molecule is COc1ccc(-c2nc3sc(C4CC4)nn3c2CO)cc1C. The molecule has 0 bridgehead atoms. The fourth-order valence-corrected chi connectivity index (χ4v) is 3.79. The first-order valence-electron chi connectivity index (χ1n) is 7.35. The molecule has 3 aromatic rings. The van der Waals surface area contributed by atoms with Crippen LogP contribution in [0.4, 0.5) is 0 Å². The van der Waals surface area contributed by atoms with Crippen molar-refractivity contribution in [1.29, 1.82) is 0 Å². The van der Waals surface area contributed by atoms with Crippen molar-refractivity contribution in [3.63, 3.8) is 0 Å². The van der Waals surface area contributed by atoms with E-state index in [2.05, 4.69) is 5.10 Å². The molecule has 1 aliphatic carbocycles. The van der Waals surface area contributed by atoms with Crippen molar-refractivity contribution >= 4 is 16.3 Å². The molecule has 1 aliphatic rings. The Hall–Kier alpha value is -1.92. The maximum atomic E-state index is 9.78. The summed E-state index contributed by atoms with van der Waals surface area (Å²) >= 11 is 1.63. The van der Waals surface area contributed by atoms with Crippen molar-refractivity contribution in [2.45, 2.75) is 32.3 Å². The number of fused-ring (bicyclic) bond motifs is 1. The minimum absolute atomic E-state index is 0.0740. The zero-order valence-electron chi connectivity index (χ0n) is 12.5. The van der Waals surface area contributed by atoms with Gasteiger partial charge in [-0.1, -0.05) is 11.3 Å². The number of aliphatic hydroxyl groups is 1. The van der Waals surface area contributed by atoms with E-state index in [1.54, 1.807) is 23.0 Å². The van der Waals surface area contributed by atoms with Crippen LogP contribution in [0.1, 0.15) is 35.0 Å². The van der Waals surface area contributed by atoms with Crippen LogP contribution in [0, 0.1) is 6.92 Å². The van der Waals surface area contributed by atoms with Gasteiger partial charge in [-0.3, -0.25) is 0 Å². The molecule has 6 heteroatoms. The van der Waals surface area contributed by atoms with Crippen molar-refractivity contribution in [1.82, 2.24) is 14.6 Å². The number of aromatic nitrogens is 3. The first kappa shape index (κ1) is 13.7. The molecular weight excluding hydrogens is 298 g/mol. The molecule has 4 rings (SSSR count). The second-order valence-corrected chi connectivity index (χ2v) is 6.65. The lowest BCUT2D eigenvalue weighted by molar-refractivity contribution is 0.275. The van der Waals surface area contributed by atoms with Gasteiger partial charge in [0.2, 0.25) is 4.96 Å². The molecule has 5 nitrogen and oxygen atoms in total. The quantitative estimate of drug-likeness (QED) is 0.803. The molecule has 0 unspecified atom stereocenters. The van der Waals surface area contributed by atoms with E-state index in [0.717, 1.165) is 38.2 Å². The van der Waals surface area contributed by atoms with Crippen LogP contribution in [-0.4, -0.2) is 26.8 Å². The van der Waals surface area contributed by atoms with Crippen LogP contribution >= 0.6 is 11.3 Å². The topological polar surface area (TPSA) is 59.7 Å². The third kappa shape index (κ3) is 2.10. The largest absolute Gasteiger partial charge is 0.496 e. The number of ether oxygens (including phenoxy) is 1. The van der Waals surface area contributed by atoms with Gasteiger partial charge in [0.05, 0.1) is 25.1 Å². The number of benzene rings is 1. The lowest BCUT2D eigenvalue weighted by Crippen LogP contribution is -1.97. The van der Waals surface area contributed by atoms with Crippen molar-refractivity contribution in [3.05, 3.63) is 34.5 Å². The Kier molecular flexibility index (Phi) is 3.16. The molecule has 2 heterocycles. The van der Waals surface area contributed by atoms with Crippen molar-refractivity contribution < 1.29 is 9.84 Å². The molecule has 1 N–H and O–H groups in total. The van der Waals surface area contributed by atoms with Gasteiger partial charge in [-0.15, -0.1) is 0 Å². The van der Waals surface area contributed by atoms with Crippen LogP contribution in [0.2, 0.25) is 0 Å². The third-order valence-electron chi connectivity index (χ3n) is 4.06. The molecule has 1 fully saturated rings. The normalized spacial score (nSPS) is 14.7. The van der Waals surface area contributed by atoms with Gasteiger partial charge < -0.3 is 9.84 Å². The predicted octanol–water partition coefficient (Wildman–Crippen LogP) is 3.14. The van der Waals surface area contributed by atoms with Crippen molar-refractivity contribution in [3.8, 4) is 17.0 Å². The summed E-state index contributed by atoms with van der Waals surface area (Å²) in [6.07, 6.45) is 2.44. The molecule has 0 atom stereocenters. The van der Waals surface area contributed by atoms with E-state index in [1.807, 2.05) is 25.1 Å². The van der Waals surface area contributed by atoms with E-state index in [4.69, 9.17) is 9.72 Å². The van der Waals surface area contributed by atoms with Crippen LogP contribution in [0.15, 0.2) is 18.2 Å². The first-order valence-corrected chi connectivity index (χ1v) is 8.17. The van der Waals surface area contributed by atoms with Gasteiger partial charge in [0.25, 0.3) is 0 Å². The molecule has 114 valence electrons. The molecule has 0 saturated heterocycles.